The summed E-state index contributed by atoms with van der Waals surface area (Å²) in [6.07, 6.45) is 3.23. The van der Waals surface area contributed by atoms with Crippen LogP contribution in [0.2, 0.25) is 5.15 Å². The first-order chi connectivity index (χ1) is 11.5. The molecular weight excluding hydrogens is 334 g/mol. The van der Waals surface area contributed by atoms with E-state index in [9.17, 15) is 9.90 Å². The minimum Gasteiger partial charge on any atom is -0.476 e. The molecule has 0 radical (unpaired) electrons. The number of carboxylic acid groups (broad SMARTS) is 1. The molecule has 3 heterocycles. The number of aromatic carboxylic acids is 1. The molecule has 9 nitrogen and oxygen atoms in total. The first-order valence-corrected chi connectivity index (χ1v) is 7.19. The van der Waals surface area contributed by atoms with E-state index in [-0.39, 0.29) is 16.5 Å². The van der Waals surface area contributed by atoms with Crippen LogP contribution >= 0.6 is 11.6 Å². The van der Waals surface area contributed by atoms with Crippen LogP contribution in [-0.2, 0) is 7.05 Å². The van der Waals surface area contributed by atoms with Gasteiger partial charge in [0.05, 0.1) is 11.9 Å². The van der Waals surface area contributed by atoms with Crippen LogP contribution in [0.1, 0.15) is 16.1 Å². The Morgan fingerprint density at radius 1 is 1.38 bits per heavy atom. The Morgan fingerprint density at radius 3 is 2.83 bits per heavy atom. The van der Waals surface area contributed by atoms with Gasteiger partial charge in [-0.2, -0.15) is 15.0 Å². The highest BCUT2D eigenvalue weighted by molar-refractivity contribution is 6.29. The zero-order chi connectivity index (χ0) is 17.3. The number of pyridine rings is 1. The van der Waals surface area contributed by atoms with Crippen molar-refractivity contribution in [3.8, 4) is 11.3 Å². The number of carboxylic acids is 1. The van der Waals surface area contributed by atoms with Crippen LogP contribution in [-0.4, -0.2) is 41.3 Å². The summed E-state index contributed by atoms with van der Waals surface area (Å²) >= 11 is 5.81. The lowest BCUT2D eigenvalue weighted by Crippen LogP contribution is -2.08. The van der Waals surface area contributed by atoms with Gasteiger partial charge in [-0.25, -0.2) is 9.78 Å². The van der Waals surface area contributed by atoms with Crippen LogP contribution in [0.5, 0.6) is 0 Å². The number of rotatable bonds is 4. The number of nitrogens with zero attached hydrogens (tertiary/aromatic N) is 6. The van der Waals surface area contributed by atoms with Crippen molar-refractivity contribution in [2.45, 2.75) is 6.92 Å². The van der Waals surface area contributed by atoms with Crippen molar-refractivity contribution in [2.24, 2.45) is 7.05 Å². The van der Waals surface area contributed by atoms with E-state index in [0.29, 0.717) is 11.5 Å². The molecule has 0 saturated carbocycles. The fourth-order valence-corrected chi connectivity index (χ4v) is 2.30. The van der Waals surface area contributed by atoms with Crippen LogP contribution in [0.3, 0.4) is 0 Å². The molecular formula is C14H12ClN7O2. The first kappa shape index (κ1) is 15.8. The molecule has 10 heteroatoms. The highest BCUT2D eigenvalue weighted by atomic mass is 35.5. The summed E-state index contributed by atoms with van der Waals surface area (Å²) in [5, 5.41) is 27.7. The van der Waals surface area contributed by atoms with Gasteiger partial charge in [0, 0.05) is 30.4 Å². The van der Waals surface area contributed by atoms with Crippen molar-refractivity contribution in [3.63, 3.8) is 0 Å². The molecule has 0 saturated heterocycles. The van der Waals surface area contributed by atoms with Crippen LogP contribution in [0.25, 0.3) is 11.3 Å². The van der Waals surface area contributed by atoms with E-state index >= 15 is 0 Å². The third-order valence-corrected chi connectivity index (χ3v) is 3.48. The van der Waals surface area contributed by atoms with Gasteiger partial charge in [-0.05, 0) is 13.0 Å². The molecule has 0 fully saturated rings. The average Bonchev–Trinajstić information content (AvgIpc) is 2.95. The van der Waals surface area contributed by atoms with Gasteiger partial charge in [0.25, 0.3) is 0 Å². The molecule has 0 aromatic carbocycles. The summed E-state index contributed by atoms with van der Waals surface area (Å²) in [5.41, 5.74) is 2.25. The quantitative estimate of drug-likeness (QED) is 0.737. The van der Waals surface area contributed by atoms with Gasteiger partial charge < -0.3 is 10.4 Å². The third-order valence-electron chi connectivity index (χ3n) is 3.30. The average molecular weight is 346 g/mol. The number of hydrogen-bond acceptors (Lipinski definition) is 7. The van der Waals surface area contributed by atoms with E-state index in [0.717, 1.165) is 11.1 Å². The molecule has 122 valence electrons. The standard InChI is InChI=1S/C14H12ClN7O2/c1-7-8(10-6-17-22(2)21-10)3-4-16-13(7)18-9-5-11(15)19-20-12(9)14(23)24/h3-6H,1-2H3,(H,23,24)(H,16,18,19). The summed E-state index contributed by atoms with van der Waals surface area (Å²) < 4.78 is 0. The Labute approximate surface area is 141 Å². The Balaban J connectivity index is 2.03. The Morgan fingerprint density at radius 2 is 2.17 bits per heavy atom. The summed E-state index contributed by atoms with van der Waals surface area (Å²) in [5.74, 6) is -0.755. The van der Waals surface area contributed by atoms with Gasteiger partial charge in [-0.15, -0.1) is 10.2 Å². The van der Waals surface area contributed by atoms with Gasteiger partial charge in [-0.1, -0.05) is 11.6 Å². The molecule has 24 heavy (non-hydrogen) atoms. The number of nitrogens with one attached hydrogen (secondary N) is 1. The second-order valence-corrected chi connectivity index (χ2v) is 5.30. The minimum absolute atomic E-state index is 0.0743. The molecule has 3 rings (SSSR count). The Bertz CT molecular complexity index is 925. The third kappa shape index (κ3) is 3.01. The highest BCUT2D eigenvalue weighted by Gasteiger charge is 2.16. The largest absolute Gasteiger partial charge is 0.476 e. The Kier molecular flexibility index (Phi) is 4.09. The van der Waals surface area contributed by atoms with Crippen molar-refractivity contribution < 1.29 is 9.90 Å². The summed E-state index contributed by atoms with van der Waals surface area (Å²) in [7, 11) is 1.73. The number of aryl methyl sites for hydroxylation is 1. The maximum absolute atomic E-state index is 11.3. The van der Waals surface area contributed by atoms with E-state index in [1.165, 1.54) is 10.9 Å². The summed E-state index contributed by atoms with van der Waals surface area (Å²) in [4.78, 5) is 17.0. The second kappa shape index (κ2) is 6.20. The van der Waals surface area contributed by atoms with Gasteiger partial charge >= 0.3 is 5.97 Å². The van der Waals surface area contributed by atoms with Gasteiger partial charge in [0.15, 0.2) is 10.8 Å². The molecule has 0 aliphatic carbocycles. The van der Waals surface area contributed by atoms with Crippen LogP contribution in [0.15, 0.2) is 24.5 Å². The number of anilines is 2. The maximum Gasteiger partial charge on any atom is 0.358 e. The predicted molar refractivity (Wildman–Crippen MR) is 86.3 cm³/mol. The summed E-state index contributed by atoms with van der Waals surface area (Å²) in [6, 6.07) is 3.19. The monoisotopic (exact) mass is 345 g/mol. The zero-order valence-corrected chi connectivity index (χ0v) is 13.5. The van der Waals surface area contributed by atoms with E-state index in [1.807, 2.05) is 6.92 Å². The number of aromatic nitrogens is 6. The van der Waals surface area contributed by atoms with Crippen molar-refractivity contribution in [2.75, 3.05) is 5.32 Å². The molecule has 3 aromatic heterocycles. The second-order valence-electron chi connectivity index (χ2n) is 4.91. The molecule has 0 bridgehead atoms. The van der Waals surface area contributed by atoms with Crippen LogP contribution in [0, 0.1) is 6.92 Å². The molecule has 3 aromatic rings. The van der Waals surface area contributed by atoms with Gasteiger partial charge in [0.1, 0.15) is 11.5 Å². The van der Waals surface area contributed by atoms with Crippen molar-refractivity contribution in [3.05, 3.63) is 40.9 Å². The molecule has 2 N–H and O–H groups in total. The normalized spacial score (nSPS) is 10.6. The zero-order valence-electron chi connectivity index (χ0n) is 12.7. The summed E-state index contributed by atoms with van der Waals surface area (Å²) in [6.45, 7) is 1.84. The SMILES string of the molecule is Cc1c(-c2cnn(C)n2)ccnc1Nc1cc(Cl)nnc1C(=O)O. The Hall–Kier alpha value is -3.07. The smallest absolute Gasteiger partial charge is 0.358 e. The number of carbonyl (C=O) groups is 1. The molecule has 0 amide bonds. The number of halogens is 1. The van der Waals surface area contributed by atoms with E-state index in [2.05, 4.69) is 30.7 Å². The fraction of sp³-hybridized carbons (Fsp3) is 0.143. The predicted octanol–water partition coefficient (Wildman–Crippen LogP) is 2.07. The van der Waals surface area contributed by atoms with Crippen LogP contribution in [0.4, 0.5) is 11.5 Å². The fourth-order valence-electron chi connectivity index (χ4n) is 2.16. The molecule has 0 atom stereocenters. The topological polar surface area (TPSA) is 119 Å². The lowest BCUT2D eigenvalue weighted by Gasteiger charge is -2.12. The highest BCUT2D eigenvalue weighted by Crippen LogP contribution is 2.28. The molecule has 0 aliphatic rings. The lowest BCUT2D eigenvalue weighted by atomic mass is 10.1. The molecule has 0 unspecified atom stereocenters. The maximum atomic E-state index is 11.3. The minimum atomic E-state index is -1.22. The van der Waals surface area contributed by atoms with Crippen molar-refractivity contribution >= 4 is 29.1 Å². The van der Waals surface area contributed by atoms with Gasteiger partial charge in [0.2, 0.25) is 0 Å². The van der Waals surface area contributed by atoms with E-state index in [4.69, 9.17) is 11.6 Å². The van der Waals surface area contributed by atoms with Crippen molar-refractivity contribution in [1.82, 2.24) is 30.2 Å². The first-order valence-electron chi connectivity index (χ1n) is 6.81. The van der Waals surface area contributed by atoms with E-state index < -0.39 is 5.97 Å². The van der Waals surface area contributed by atoms with Crippen molar-refractivity contribution in [1.29, 1.82) is 0 Å². The molecule has 0 aliphatic heterocycles. The number of hydrogen-bond donors (Lipinski definition) is 2. The van der Waals surface area contributed by atoms with Gasteiger partial charge in [-0.3, -0.25) is 0 Å². The molecule has 0 spiro atoms. The van der Waals surface area contributed by atoms with E-state index in [1.54, 1.807) is 25.5 Å². The van der Waals surface area contributed by atoms with Crippen LogP contribution < -0.4 is 5.32 Å². The lowest BCUT2D eigenvalue weighted by molar-refractivity contribution is 0.0690.